The van der Waals surface area contributed by atoms with E-state index in [4.69, 9.17) is 5.26 Å². The van der Waals surface area contributed by atoms with E-state index in [0.29, 0.717) is 17.0 Å². The quantitative estimate of drug-likeness (QED) is 0.869. The third kappa shape index (κ3) is 5.25. The Hall–Kier alpha value is -1.77. The first-order valence-electron chi connectivity index (χ1n) is 6.29. The number of amides is 1. The van der Waals surface area contributed by atoms with Gasteiger partial charge in [-0.2, -0.15) is 5.26 Å². The van der Waals surface area contributed by atoms with Crippen LogP contribution in [-0.4, -0.2) is 11.7 Å². The molecule has 2 rings (SSSR count). The van der Waals surface area contributed by atoms with E-state index >= 15 is 0 Å². The highest BCUT2D eigenvalue weighted by Gasteiger charge is 2.03. The van der Waals surface area contributed by atoms with Gasteiger partial charge in [-0.15, -0.1) is 11.8 Å². The van der Waals surface area contributed by atoms with E-state index in [2.05, 4.69) is 21.2 Å². The molecule has 1 amide bonds. The van der Waals surface area contributed by atoms with Crippen LogP contribution in [0.2, 0.25) is 0 Å². The number of hydrogen-bond donors (Lipinski definition) is 1. The number of carbonyl (C=O) groups excluding carboxylic acids is 1. The number of carbonyl (C=O) groups is 1. The molecule has 0 saturated heterocycles. The Morgan fingerprint density at radius 2 is 1.81 bits per heavy atom. The molecule has 0 aliphatic heterocycles. The van der Waals surface area contributed by atoms with Gasteiger partial charge < -0.3 is 5.32 Å². The van der Waals surface area contributed by atoms with Crippen molar-refractivity contribution in [1.82, 2.24) is 0 Å². The fraction of sp³-hybridized carbons (Fsp3) is 0.125. The average molecular weight is 361 g/mol. The molecule has 0 radical (unpaired) electrons. The molecule has 2 aromatic carbocycles. The van der Waals surface area contributed by atoms with Gasteiger partial charge in [0.25, 0.3) is 0 Å². The largest absolute Gasteiger partial charge is 0.325 e. The lowest BCUT2D eigenvalue weighted by atomic mass is 10.2. The SMILES string of the molecule is N#Cc1ccc(NC(=O)CSCc2ccc(Br)cc2)cc1. The molecule has 0 saturated carbocycles. The molecule has 0 atom stereocenters. The Labute approximate surface area is 136 Å². The van der Waals surface area contributed by atoms with E-state index in [0.717, 1.165) is 10.2 Å². The number of nitrogens with zero attached hydrogens (tertiary/aromatic N) is 1. The van der Waals surface area contributed by atoms with Crippen molar-refractivity contribution in [3.05, 3.63) is 64.1 Å². The summed E-state index contributed by atoms with van der Waals surface area (Å²) in [5, 5.41) is 11.5. The van der Waals surface area contributed by atoms with E-state index < -0.39 is 0 Å². The fourth-order valence-corrected chi connectivity index (χ4v) is 2.72. The summed E-state index contributed by atoms with van der Waals surface area (Å²) in [4.78, 5) is 11.8. The number of benzene rings is 2. The highest BCUT2D eigenvalue weighted by Crippen LogP contribution is 2.16. The van der Waals surface area contributed by atoms with Gasteiger partial charge in [0.05, 0.1) is 17.4 Å². The van der Waals surface area contributed by atoms with Crippen molar-refractivity contribution in [2.45, 2.75) is 5.75 Å². The molecule has 0 aliphatic carbocycles. The predicted molar refractivity (Wildman–Crippen MR) is 90.1 cm³/mol. The number of halogens is 1. The maximum atomic E-state index is 11.8. The summed E-state index contributed by atoms with van der Waals surface area (Å²) in [5.74, 6) is 1.16. The molecule has 0 aliphatic rings. The van der Waals surface area contributed by atoms with Gasteiger partial charge in [-0.25, -0.2) is 0 Å². The van der Waals surface area contributed by atoms with Crippen LogP contribution < -0.4 is 5.32 Å². The molecule has 0 unspecified atom stereocenters. The maximum Gasteiger partial charge on any atom is 0.234 e. The molecule has 0 spiro atoms. The van der Waals surface area contributed by atoms with Gasteiger partial charge in [-0.3, -0.25) is 4.79 Å². The molecule has 21 heavy (non-hydrogen) atoms. The zero-order valence-electron chi connectivity index (χ0n) is 11.2. The predicted octanol–water partition coefficient (Wildman–Crippen LogP) is 4.19. The third-order valence-electron chi connectivity index (χ3n) is 2.71. The Bertz CT molecular complexity index is 647. The average Bonchev–Trinajstić information content (AvgIpc) is 2.50. The van der Waals surface area contributed by atoms with E-state index in [1.54, 1.807) is 36.0 Å². The normalized spacial score (nSPS) is 9.90. The van der Waals surface area contributed by atoms with Crippen LogP contribution in [0.4, 0.5) is 5.69 Å². The van der Waals surface area contributed by atoms with E-state index in [9.17, 15) is 4.79 Å². The molecule has 3 nitrogen and oxygen atoms in total. The smallest absolute Gasteiger partial charge is 0.234 e. The zero-order valence-corrected chi connectivity index (χ0v) is 13.6. The van der Waals surface area contributed by atoms with Crippen molar-refractivity contribution in [3.8, 4) is 6.07 Å². The van der Waals surface area contributed by atoms with E-state index in [-0.39, 0.29) is 5.91 Å². The lowest BCUT2D eigenvalue weighted by Crippen LogP contribution is -2.14. The van der Waals surface area contributed by atoms with Crippen LogP contribution in [0.1, 0.15) is 11.1 Å². The van der Waals surface area contributed by atoms with Gasteiger partial charge in [0.15, 0.2) is 0 Å². The minimum Gasteiger partial charge on any atom is -0.325 e. The zero-order chi connectivity index (χ0) is 15.1. The summed E-state index contributed by atoms with van der Waals surface area (Å²) in [5.41, 5.74) is 2.48. The number of nitrogens with one attached hydrogen (secondary N) is 1. The van der Waals surface area contributed by atoms with Crippen molar-refractivity contribution in [1.29, 1.82) is 5.26 Å². The van der Waals surface area contributed by atoms with Crippen molar-refractivity contribution in [3.63, 3.8) is 0 Å². The van der Waals surface area contributed by atoms with Crippen LogP contribution in [-0.2, 0) is 10.5 Å². The van der Waals surface area contributed by atoms with Gasteiger partial charge in [0, 0.05) is 15.9 Å². The molecule has 1 N–H and O–H groups in total. The monoisotopic (exact) mass is 360 g/mol. The van der Waals surface area contributed by atoms with Crippen LogP contribution in [0, 0.1) is 11.3 Å². The molecular weight excluding hydrogens is 348 g/mol. The maximum absolute atomic E-state index is 11.8. The van der Waals surface area contributed by atoms with Gasteiger partial charge in [0.1, 0.15) is 0 Å². The summed E-state index contributed by atoms with van der Waals surface area (Å²) in [6.07, 6.45) is 0. The lowest BCUT2D eigenvalue weighted by Gasteiger charge is -2.05. The number of anilines is 1. The molecule has 0 bridgehead atoms. The van der Waals surface area contributed by atoms with Crippen molar-refractivity contribution in [2.24, 2.45) is 0 Å². The van der Waals surface area contributed by atoms with Crippen LogP contribution in [0.5, 0.6) is 0 Å². The number of hydrogen-bond acceptors (Lipinski definition) is 3. The molecule has 0 fully saturated rings. The molecule has 0 heterocycles. The van der Waals surface area contributed by atoms with Crippen molar-refractivity contribution in [2.75, 3.05) is 11.1 Å². The second-order valence-corrected chi connectivity index (χ2v) is 6.26. The van der Waals surface area contributed by atoms with Gasteiger partial charge >= 0.3 is 0 Å². The van der Waals surface area contributed by atoms with Crippen LogP contribution in [0.3, 0.4) is 0 Å². The number of rotatable bonds is 5. The summed E-state index contributed by atoms with van der Waals surface area (Å²) in [7, 11) is 0. The van der Waals surface area contributed by atoms with Crippen LogP contribution in [0.25, 0.3) is 0 Å². The third-order valence-corrected chi connectivity index (χ3v) is 4.25. The first-order valence-corrected chi connectivity index (χ1v) is 8.24. The first-order chi connectivity index (χ1) is 10.2. The van der Waals surface area contributed by atoms with Crippen LogP contribution in [0.15, 0.2) is 53.0 Å². The molecule has 5 heteroatoms. The topological polar surface area (TPSA) is 52.9 Å². The second-order valence-electron chi connectivity index (χ2n) is 4.36. The van der Waals surface area contributed by atoms with Crippen LogP contribution >= 0.6 is 27.7 Å². The first kappa shape index (κ1) is 15.6. The Kier molecular flexibility index (Phi) is 5.85. The van der Waals surface area contributed by atoms with Crippen molar-refractivity contribution >= 4 is 39.3 Å². The molecule has 2 aromatic rings. The molecular formula is C16H13BrN2OS. The summed E-state index contributed by atoms with van der Waals surface area (Å²) in [6, 6.07) is 16.9. The minimum absolute atomic E-state index is 0.0400. The van der Waals surface area contributed by atoms with E-state index in [1.165, 1.54) is 5.56 Å². The summed E-state index contributed by atoms with van der Waals surface area (Å²) < 4.78 is 1.05. The summed E-state index contributed by atoms with van der Waals surface area (Å²) >= 11 is 4.96. The minimum atomic E-state index is -0.0400. The highest BCUT2D eigenvalue weighted by molar-refractivity contribution is 9.10. The lowest BCUT2D eigenvalue weighted by molar-refractivity contribution is -0.113. The highest BCUT2D eigenvalue weighted by atomic mass is 79.9. The number of nitriles is 1. The number of thioether (sulfide) groups is 1. The summed E-state index contributed by atoms with van der Waals surface area (Å²) in [6.45, 7) is 0. The molecule has 106 valence electrons. The van der Waals surface area contributed by atoms with Gasteiger partial charge in [0.2, 0.25) is 5.91 Å². The standard InChI is InChI=1S/C16H13BrN2OS/c17-14-5-1-13(2-6-14)10-21-11-16(20)19-15-7-3-12(9-18)4-8-15/h1-8H,10-11H2,(H,19,20). The van der Waals surface area contributed by atoms with E-state index in [1.807, 2.05) is 30.3 Å². The van der Waals surface area contributed by atoms with Gasteiger partial charge in [-0.1, -0.05) is 28.1 Å². The Morgan fingerprint density at radius 1 is 1.14 bits per heavy atom. The fourth-order valence-electron chi connectivity index (χ4n) is 1.67. The molecule has 0 aromatic heterocycles. The van der Waals surface area contributed by atoms with Gasteiger partial charge in [-0.05, 0) is 42.0 Å². The Morgan fingerprint density at radius 3 is 2.43 bits per heavy atom. The van der Waals surface area contributed by atoms with Crippen molar-refractivity contribution < 1.29 is 4.79 Å². The second kappa shape index (κ2) is 7.87. The Balaban J connectivity index is 1.76.